The molecule has 0 aliphatic rings. The number of benzene rings is 2. The van der Waals surface area contributed by atoms with Crippen LogP contribution in [0.5, 0.6) is 0 Å². The zero-order chi connectivity index (χ0) is 24.1. The molecule has 0 saturated carbocycles. The Hall–Kier alpha value is -4.67. The first-order valence-electron chi connectivity index (χ1n) is 10.4. The molecule has 0 spiro atoms. The molecular formula is C24H14F3N5O3. The van der Waals surface area contributed by atoms with Crippen molar-refractivity contribution in [2.75, 3.05) is 0 Å². The van der Waals surface area contributed by atoms with Crippen LogP contribution in [0.2, 0.25) is 0 Å². The SMILES string of the molecule is O=c1oc2cc(-c3cccc4[nH]ccc34)c(F)cc2n1Cc1ccc(-c2nnc(C(F)F)o2)cn1. The van der Waals surface area contributed by atoms with Crippen LogP contribution in [0.1, 0.15) is 18.0 Å². The zero-order valence-corrected chi connectivity index (χ0v) is 17.7. The molecule has 0 bridgehead atoms. The van der Waals surface area contributed by atoms with E-state index in [0.29, 0.717) is 22.4 Å². The van der Waals surface area contributed by atoms with Crippen molar-refractivity contribution in [3.63, 3.8) is 0 Å². The van der Waals surface area contributed by atoms with Crippen LogP contribution in [0, 0.1) is 5.82 Å². The number of H-pyrrole nitrogens is 1. The lowest BCUT2D eigenvalue weighted by Crippen LogP contribution is -2.15. The van der Waals surface area contributed by atoms with Crippen molar-refractivity contribution in [3.8, 4) is 22.6 Å². The van der Waals surface area contributed by atoms with Crippen LogP contribution in [0.25, 0.3) is 44.6 Å². The van der Waals surface area contributed by atoms with Gasteiger partial charge in [-0.1, -0.05) is 12.1 Å². The molecule has 0 amide bonds. The Bertz CT molecular complexity index is 1750. The van der Waals surface area contributed by atoms with Crippen LogP contribution in [-0.2, 0) is 6.54 Å². The van der Waals surface area contributed by atoms with E-state index in [1.54, 1.807) is 24.4 Å². The molecule has 0 aliphatic heterocycles. The maximum Gasteiger partial charge on any atom is 0.420 e. The summed E-state index contributed by atoms with van der Waals surface area (Å²) in [5.41, 5.74) is 3.16. The second-order valence-corrected chi connectivity index (χ2v) is 7.78. The fourth-order valence-electron chi connectivity index (χ4n) is 4.01. The van der Waals surface area contributed by atoms with Gasteiger partial charge in [0.2, 0.25) is 5.89 Å². The van der Waals surface area contributed by atoms with E-state index in [-0.39, 0.29) is 23.5 Å². The highest BCUT2D eigenvalue weighted by atomic mass is 19.3. The minimum Gasteiger partial charge on any atom is -0.415 e. The Morgan fingerprint density at radius 2 is 1.91 bits per heavy atom. The summed E-state index contributed by atoms with van der Waals surface area (Å²) in [5.74, 6) is -2.05. The smallest absolute Gasteiger partial charge is 0.415 e. The number of halogens is 3. The molecule has 4 aromatic heterocycles. The van der Waals surface area contributed by atoms with Gasteiger partial charge < -0.3 is 13.8 Å². The summed E-state index contributed by atoms with van der Waals surface area (Å²) in [4.78, 5) is 19.9. The maximum atomic E-state index is 15.2. The van der Waals surface area contributed by atoms with Gasteiger partial charge in [0.1, 0.15) is 5.82 Å². The molecule has 0 saturated heterocycles. The van der Waals surface area contributed by atoms with Crippen LogP contribution < -0.4 is 5.76 Å². The van der Waals surface area contributed by atoms with E-state index in [0.717, 1.165) is 10.9 Å². The molecule has 0 radical (unpaired) electrons. The first kappa shape index (κ1) is 20.9. The number of nitrogens with one attached hydrogen (secondary N) is 1. The topological polar surface area (TPSA) is 103 Å². The van der Waals surface area contributed by atoms with E-state index in [4.69, 9.17) is 8.83 Å². The monoisotopic (exact) mass is 477 g/mol. The summed E-state index contributed by atoms with van der Waals surface area (Å²) in [6, 6.07) is 13.3. The second-order valence-electron chi connectivity index (χ2n) is 7.78. The molecule has 174 valence electrons. The number of nitrogens with zero attached hydrogens (tertiary/aromatic N) is 4. The average Bonchev–Trinajstić information content (AvgIpc) is 3.59. The van der Waals surface area contributed by atoms with E-state index in [1.807, 2.05) is 18.2 Å². The van der Waals surface area contributed by atoms with Gasteiger partial charge in [-0.15, -0.1) is 10.2 Å². The normalized spacial score (nSPS) is 11.8. The lowest BCUT2D eigenvalue weighted by Gasteiger charge is -2.07. The number of hydrogen-bond donors (Lipinski definition) is 1. The van der Waals surface area contributed by atoms with Gasteiger partial charge in [-0.2, -0.15) is 8.78 Å². The van der Waals surface area contributed by atoms with Gasteiger partial charge in [0.05, 0.1) is 23.3 Å². The number of fused-ring (bicyclic) bond motifs is 2. The fraction of sp³-hybridized carbons (Fsp3) is 0.0833. The molecule has 0 unspecified atom stereocenters. The predicted molar refractivity (Wildman–Crippen MR) is 119 cm³/mol. The number of hydrogen-bond acceptors (Lipinski definition) is 6. The Kier molecular flexibility index (Phi) is 4.76. The third-order valence-electron chi connectivity index (χ3n) is 5.66. The minimum atomic E-state index is -2.87. The van der Waals surface area contributed by atoms with Crippen molar-refractivity contribution in [1.29, 1.82) is 0 Å². The van der Waals surface area contributed by atoms with E-state index in [9.17, 15) is 13.6 Å². The van der Waals surface area contributed by atoms with Crippen molar-refractivity contribution in [1.82, 2.24) is 24.7 Å². The molecule has 2 aromatic carbocycles. The predicted octanol–water partition coefficient (Wildman–Crippen LogP) is 5.31. The lowest BCUT2D eigenvalue weighted by molar-refractivity contribution is 0.116. The Morgan fingerprint density at radius 3 is 2.69 bits per heavy atom. The fourth-order valence-corrected chi connectivity index (χ4v) is 4.01. The van der Waals surface area contributed by atoms with Crippen LogP contribution in [0.4, 0.5) is 13.2 Å². The van der Waals surface area contributed by atoms with Crippen LogP contribution >= 0.6 is 0 Å². The first-order chi connectivity index (χ1) is 17.0. The van der Waals surface area contributed by atoms with Gasteiger partial charge in [0.25, 0.3) is 5.89 Å². The number of oxazole rings is 1. The molecule has 11 heteroatoms. The highest BCUT2D eigenvalue weighted by Crippen LogP contribution is 2.33. The minimum absolute atomic E-state index is 0.00438. The summed E-state index contributed by atoms with van der Waals surface area (Å²) in [6.45, 7) is 0.00438. The quantitative estimate of drug-likeness (QED) is 0.361. The number of aromatic amines is 1. The van der Waals surface area contributed by atoms with Gasteiger partial charge in [-0.25, -0.2) is 9.18 Å². The standard InChI is InChI=1S/C24H14F3N5O3/c25-17-9-19-20(8-16(17)14-2-1-3-18-15(14)6-7-28-18)34-24(33)32(19)11-13-5-4-12(10-29-13)22-30-31-23(35-22)21(26)27/h1-10,21,28H,11H2. The molecule has 35 heavy (non-hydrogen) atoms. The van der Waals surface area contributed by atoms with Crippen LogP contribution in [-0.4, -0.2) is 24.7 Å². The van der Waals surface area contributed by atoms with E-state index in [2.05, 4.69) is 20.2 Å². The van der Waals surface area contributed by atoms with Crippen LogP contribution in [0.3, 0.4) is 0 Å². The van der Waals surface area contributed by atoms with Gasteiger partial charge in [0, 0.05) is 34.9 Å². The van der Waals surface area contributed by atoms with Crippen molar-refractivity contribution < 1.29 is 22.0 Å². The van der Waals surface area contributed by atoms with Gasteiger partial charge in [-0.05, 0) is 35.9 Å². The molecule has 6 rings (SSSR count). The van der Waals surface area contributed by atoms with Gasteiger partial charge in [0.15, 0.2) is 5.58 Å². The summed E-state index contributed by atoms with van der Waals surface area (Å²) in [7, 11) is 0. The third-order valence-corrected chi connectivity index (χ3v) is 5.66. The Labute approximate surface area is 193 Å². The molecule has 6 aromatic rings. The molecule has 0 atom stereocenters. The van der Waals surface area contributed by atoms with Crippen molar-refractivity contribution in [2.45, 2.75) is 13.0 Å². The van der Waals surface area contributed by atoms with E-state index in [1.165, 1.54) is 22.9 Å². The Morgan fingerprint density at radius 1 is 1.03 bits per heavy atom. The van der Waals surface area contributed by atoms with E-state index >= 15 is 4.39 Å². The van der Waals surface area contributed by atoms with Crippen molar-refractivity contribution >= 4 is 22.0 Å². The average molecular weight is 477 g/mol. The molecule has 0 fully saturated rings. The Balaban J connectivity index is 1.34. The molecule has 1 N–H and O–H groups in total. The van der Waals surface area contributed by atoms with E-state index < -0.39 is 23.9 Å². The van der Waals surface area contributed by atoms with Crippen molar-refractivity contribution in [3.05, 3.63) is 88.9 Å². The number of rotatable bonds is 5. The highest BCUT2D eigenvalue weighted by molar-refractivity contribution is 5.97. The number of aromatic nitrogens is 5. The molecule has 4 heterocycles. The maximum absolute atomic E-state index is 15.2. The largest absolute Gasteiger partial charge is 0.420 e. The summed E-state index contributed by atoms with van der Waals surface area (Å²) >= 11 is 0. The second kappa shape index (κ2) is 7.97. The zero-order valence-electron chi connectivity index (χ0n) is 17.7. The third kappa shape index (κ3) is 3.57. The highest BCUT2D eigenvalue weighted by Gasteiger charge is 2.19. The summed E-state index contributed by atoms with van der Waals surface area (Å²) < 4.78 is 52.1. The number of pyridine rings is 1. The van der Waals surface area contributed by atoms with Gasteiger partial charge in [-0.3, -0.25) is 9.55 Å². The lowest BCUT2D eigenvalue weighted by atomic mass is 10.0. The number of alkyl halides is 2. The molecule has 8 nitrogen and oxygen atoms in total. The molecular weight excluding hydrogens is 463 g/mol. The summed E-state index contributed by atoms with van der Waals surface area (Å²) in [5, 5.41) is 7.70. The first-order valence-corrected chi connectivity index (χ1v) is 10.4. The van der Waals surface area contributed by atoms with Gasteiger partial charge >= 0.3 is 12.2 Å². The molecule has 0 aliphatic carbocycles. The van der Waals surface area contributed by atoms with Crippen LogP contribution in [0.15, 0.2) is 74.6 Å². The van der Waals surface area contributed by atoms with Crippen molar-refractivity contribution in [2.24, 2.45) is 0 Å². The summed E-state index contributed by atoms with van der Waals surface area (Å²) in [6.07, 6.45) is 0.263.